The van der Waals surface area contributed by atoms with Crippen LogP contribution in [0.25, 0.3) is 0 Å². The van der Waals surface area contributed by atoms with Crippen molar-refractivity contribution in [2.75, 3.05) is 39.6 Å². The Hall–Kier alpha value is -1.94. The van der Waals surface area contributed by atoms with Gasteiger partial charge in [-0.3, -0.25) is 37.3 Å². The molecule has 0 aromatic carbocycles. The van der Waals surface area contributed by atoms with Gasteiger partial charge in [-0.2, -0.15) is 0 Å². The van der Waals surface area contributed by atoms with E-state index in [2.05, 4.69) is 41.5 Å². The topological polar surface area (TPSA) is 237 Å². The lowest BCUT2D eigenvalue weighted by Gasteiger charge is -2.21. The van der Waals surface area contributed by atoms with Crippen molar-refractivity contribution in [2.45, 2.75) is 394 Å². The molecule has 0 saturated heterocycles. The highest BCUT2D eigenvalue weighted by molar-refractivity contribution is 7.47. The van der Waals surface area contributed by atoms with Crippen molar-refractivity contribution in [3.63, 3.8) is 0 Å². The van der Waals surface area contributed by atoms with Crippen LogP contribution in [0, 0.1) is 11.8 Å². The molecule has 546 valence electrons. The minimum absolute atomic E-state index is 0.105. The number of rotatable bonds is 72. The highest BCUT2D eigenvalue weighted by atomic mass is 31.2. The first kappa shape index (κ1) is 90.1. The van der Waals surface area contributed by atoms with Crippen LogP contribution in [0.5, 0.6) is 0 Å². The van der Waals surface area contributed by atoms with Gasteiger partial charge in [0.05, 0.1) is 26.4 Å². The molecule has 0 bridgehead atoms. The molecular weight excluding hydrogens is 1210 g/mol. The zero-order chi connectivity index (χ0) is 67.9. The monoisotopic (exact) mass is 1350 g/mol. The summed E-state index contributed by atoms with van der Waals surface area (Å²) >= 11 is 0. The van der Waals surface area contributed by atoms with Crippen LogP contribution in [0.4, 0.5) is 0 Å². The fourth-order valence-corrected chi connectivity index (χ4v) is 12.6. The Morgan fingerprint density at radius 1 is 0.304 bits per heavy atom. The third-order valence-electron chi connectivity index (χ3n) is 17.7. The van der Waals surface area contributed by atoms with Crippen LogP contribution in [-0.2, 0) is 65.4 Å². The van der Waals surface area contributed by atoms with E-state index < -0.39 is 97.5 Å². The second kappa shape index (κ2) is 65.0. The molecule has 92 heavy (non-hydrogen) atoms. The van der Waals surface area contributed by atoms with Gasteiger partial charge in [-0.25, -0.2) is 9.13 Å². The predicted octanol–water partition coefficient (Wildman–Crippen LogP) is 21.2. The van der Waals surface area contributed by atoms with E-state index in [0.717, 1.165) is 108 Å². The van der Waals surface area contributed by atoms with E-state index in [1.54, 1.807) is 0 Å². The maximum absolute atomic E-state index is 13.0. The molecule has 0 aliphatic heterocycles. The van der Waals surface area contributed by atoms with Gasteiger partial charge >= 0.3 is 39.5 Å². The molecule has 19 heteroatoms. The minimum atomic E-state index is -4.95. The molecule has 0 saturated carbocycles. The van der Waals surface area contributed by atoms with Gasteiger partial charge in [0, 0.05) is 25.7 Å². The summed E-state index contributed by atoms with van der Waals surface area (Å²) in [6.07, 6.45) is 51.4. The van der Waals surface area contributed by atoms with Crippen molar-refractivity contribution in [3.05, 3.63) is 0 Å². The number of esters is 4. The zero-order valence-corrected chi connectivity index (χ0v) is 61.6. The van der Waals surface area contributed by atoms with E-state index in [1.807, 2.05) is 0 Å². The molecule has 0 aliphatic rings. The summed E-state index contributed by atoms with van der Waals surface area (Å²) in [6, 6.07) is 0. The minimum Gasteiger partial charge on any atom is -0.462 e. The van der Waals surface area contributed by atoms with Crippen molar-refractivity contribution in [2.24, 2.45) is 11.8 Å². The summed E-state index contributed by atoms with van der Waals surface area (Å²) < 4.78 is 68.3. The summed E-state index contributed by atoms with van der Waals surface area (Å²) in [6.45, 7) is 9.54. The van der Waals surface area contributed by atoms with Gasteiger partial charge in [0.1, 0.15) is 19.3 Å². The lowest BCUT2D eigenvalue weighted by atomic mass is 9.99. The maximum atomic E-state index is 13.0. The van der Waals surface area contributed by atoms with Gasteiger partial charge < -0.3 is 33.8 Å². The van der Waals surface area contributed by atoms with Gasteiger partial charge in [-0.1, -0.05) is 324 Å². The van der Waals surface area contributed by atoms with Gasteiger partial charge in [0.2, 0.25) is 0 Å². The van der Waals surface area contributed by atoms with Crippen molar-refractivity contribution in [1.82, 2.24) is 0 Å². The number of phosphoric ester groups is 2. The summed E-state index contributed by atoms with van der Waals surface area (Å²) in [7, 11) is -9.90. The molecule has 0 amide bonds. The Balaban J connectivity index is 5.19. The summed E-state index contributed by atoms with van der Waals surface area (Å²) in [4.78, 5) is 72.6. The number of aliphatic hydroxyl groups excluding tert-OH is 1. The average Bonchev–Trinajstić information content (AvgIpc) is 1.57. The highest BCUT2D eigenvalue weighted by Crippen LogP contribution is 2.45. The molecule has 3 N–H and O–H groups in total. The fourth-order valence-electron chi connectivity index (χ4n) is 11.1. The first-order valence-electron chi connectivity index (χ1n) is 38.1. The van der Waals surface area contributed by atoms with Crippen LogP contribution in [0.3, 0.4) is 0 Å². The summed E-state index contributed by atoms with van der Waals surface area (Å²) in [5.74, 6) is -0.578. The normalized spacial score (nSPS) is 14.7. The summed E-state index contributed by atoms with van der Waals surface area (Å²) in [5.41, 5.74) is 0. The number of carbonyl (C=O) groups is 4. The lowest BCUT2D eigenvalue weighted by Crippen LogP contribution is -2.30. The number of aliphatic hydroxyl groups is 1. The number of hydrogen-bond acceptors (Lipinski definition) is 15. The van der Waals surface area contributed by atoms with Crippen molar-refractivity contribution in [3.8, 4) is 0 Å². The second-order valence-electron chi connectivity index (χ2n) is 26.8. The van der Waals surface area contributed by atoms with Crippen LogP contribution in [0.15, 0.2) is 0 Å². The lowest BCUT2D eigenvalue weighted by molar-refractivity contribution is -0.161. The van der Waals surface area contributed by atoms with E-state index >= 15 is 0 Å². The first-order valence-corrected chi connectivity index (χ1v) is 41.1. The third-order valence-corrected chi connectivity index (χ3v) is 19.6. The molecule has 7 atom stereocenters. The van der Waals surface area contributed by atoms with Crippen LogP contribution >= 0.6 is 15.6 Å². The number of unbranched alkanes of at least 4 members (excludes halogenated alkanes) is 40. The average molecular weight is 1350 g/mol. The molecule has 0 aromatic rings. The zero-order valence-electron chi connectivity index (χ0n) is 59.9. The summed E-state index contributed by atoms with van der Waals surface area (Å²) in [5, 5.41) is 10.6. The largest absolute Gasteiger partial charge is 0.472 e. The number of hydrogen-bond donors (Lipinski definition) is 3. The molecular formula is C73H142O17P2. The van der Waals surface area contributed by atoms with Gasteiger partial charge in [-0.05, 0) is 37.5 Å². The van der Waals surface area contributed by atoms with E-state index in [4.69, 9.17) is 37.0 Å². The Bertz CT molecular complexity index is 1790. The van der Waals surface area contributed by atoms with Gasteiger partial charge in [0.15, 0.2) is 12.2 Å². The Labute approximate surface area is 562 Å². The molecule has 0 aromatic heterocycles. The first-order chi connectivity index (χ1) is 44.4. The van der Waals surface area contributed by atoms with Crippen molar-refractivity contribution >= 4 is 39.5 Å². The smallest absolute Gasteiger partial charge is 0.462 e. The Kier molecular flexibility index (Phi) is 63.7. The van der Waals surface area contributed by atoms with Gasteiger partial charge in [0.25, 0.3) is 0 Å². The van der Waals surface area contributed by atoms with E-state index in [1.165, 1.54) is 186 Å². The number of ether oxygens (including phenoxy) is 4. The number of carbonyl (C=O) groups excluding carboxylic acids is 4. The van der Waals surface area contributed by atoms with Gasteiger partial charge in [-0.15, -0.1) is 0 Å². The van der Waals surface area contributed by atoms with Crippen LogP contribution in [0.1, 0.15) is 375 Å². The molecule has 0 radical (unpaired) electrons. The van der Waals surface area contributed by atoms with E-state index in [9.17, 15) is 43.2 Å². The molecule has 0 fully saturated rings. The molecule has 17 nitrogen and oxygen atoms in total. The molecule has 0 heterocycles. The molecule has 0 spiro atoms. The SMILES string of the molecule is CCCCCCCCCCCCCCCCCCCCCCC(=O)O[C@H](COC(=O)CCCCCCCCCCC(C)CC)COP(=O)(O)OC[C@@H](O)COP(=O)(O)OC[C@@H](COC(=O)CCCCCCCCCC)OC(=O)CCCCCCCCCCC(C)CC. The van der Waals surface area contributed by atoms with Crippen molar-refractivity contribution < 1.29 is 80.2 Å². The Morgan fingerprint density at radius 3 is 0.772 bits per heavy atom. The third kappa shape index (κ3) is 64.1. The fraction of sp³-hybridized carbons (Fsp3) is 0.945. The second-order valence-corrected chi connectivity index (χ2v) is 29.7. The maximum Gasteiger partial charge on any atom is 0.472 e. The van der Waals surface area contributed by atoms with Crippen molar-refractivity contribution in [1.29, 1.82) is 0 Å². The highest BCUT2D eigenvalue weighted by Gasteiger charge is 2.30. The van der Waals surface area contributed by atoms with E-state index in [-0.39, 0.29) is 25.7 Å². The molecule has 0 rings (SSSR count). The number of phosphoric acid groups is 2. The predicted molar refractivity (Wildman–Crippen MR) is 372 cm³/mol. The van der Waals surface area contributed by atoms with Crippen LogP contribution < -0.4 is 0 Å². The van der Waals surface area contributed by atoms with Crippen LogP contribution in [-0.4, -0.2) is 96.7 Å². The standard InChI is InChI=1S/C73H142O17P2/c1-7-11-13-15-17-19-20-21-22-23-24-25-26-27-28-29-30-39-45-51-57-72(77)89-69(62-84-71(76)56-50-44-38-33-31-35-41-47-53-65(5)9-3)64-88-92(81,82)86-60-67(74)59-85-91(79,80)87-63-68(61-83-70(75)55-49-43-37-18-16-14-12-8-2)90-73(78)58-52-46-40-34-32-36-42-48-54-66(6)10-4/h65-69,74H,7-64H2,1-6H3,(H,79,80)(H,81,82)/t65?,66?,67-,68+,69+/m0/s1. The quantitative estimate of drug-likeness (QED) is 0.0222. The Morgan fingerprint density at radius 2 is 0.522 bits per heavy atom. The van der Waals surface area contributed by atoms with Crippen LogP contribution in [0.2, 0.25) is 0 Å². The molecule has 4 unspecified atom stereocenters. The molecule has 0 aliphatic carbocycles. The van der Waals surface area contributed by atoms with E-state index in [0.29, 0.717) is 25.7 Å².